The minimum Gasteiger partial charge on any atom is -0.389 e. The van der Waals surface area contributed by atoms with Gasteiger partial charge in [0.25, 0.3) is 0 Å². The molecule has 3 N–H and O–H groups in total. The molecule has 0 spiro atoms. The molecule has 0 aromatic carbocycles. The molecule has 1 aliphatic rings. The quantitative estimate of drug-likeness (QED) is 0.739. The number of hydrogen-bond acceptors (Lipinski definition) is 3. The molecule has 1 rings (SSSR count). The van der Waals surface area contributed by atoms with Crippen LogP contribution in [0.25, 0.3) is 0 Å². The molecule has 0 aromatic heterocycles. The van der Waals surface area contributed by atoms with E-state index in [1.54, 1.807) is 0 Å². The molecule has 2 atom stereocenters. The van der Waals surface area contributed by atoms with Crippen LogP contribution < -0.4 is 5.73 Å². The second-order valence-corrected chi connectivity index (χ2v) is 5.47. The van der Waals surface area contributed by atoms with Crippen molar-refractivity contribution in [3.8, 4) is 0 Å². The summed E-state index contributed by atoms with van der Waals surface area (Å²) in [5.74, 6) is 0.864. The third kappa shape index (κ3) is 4.09. The first kappa shape index (κ1) is 12.9. The summed E-state index contributed by atoms with van der Waals surface area (Å²) in [6.45, 7) is 9.03. The first-order chi connectivity index (χ1) is 6.94. The van der Waals surface area contributed by atoms with Crippen LogP contribution in [0.3, 0.4) is 0 Å². The molecule has 1 fully saturated rings. The van der Waals surface area contributed by atoms with Crippen LogP contribution in [0.5, 0.6) is 0 Å². The van der Waals surface area contributed by atoms with Crippen LogP contribution >= 0.6 is 0 Å². The van der Waals surface area contributed by atoms with E-state index in [9.17, 15) is 5.11 Å². The maximum atomic E-state index is 9.92. The van der Waals surface area contributed by atoms with Gasteiger partial charge in [-0.3, -0.25) is 0 Å². The Morgan fingerprint density at radius 3 is 2.47 bits per heavy atom. The van der Waals surface area contributed by atoms with Crippen LogP contribution in [0.4, 0.5) is 0 Å². The molecule has 2 unspecified atom stereocenters. The molecule has 90 valence electrons. The van der Waals surface area contributed by atoms with Gasteiger partial charge in [-0.2, -0.15) is 0 Å². The lowest BCUT2D eigenvalue weighted by atomic mass is 9.93. The molecule has 15 heavy (non-hydrogen) atoms. The molecular formula is C12H26N2O. The van der Waals surface area contributed by atoms with Gasteiger partial charge in [-0.25, -0.2) is 0 Å². The zero-order chi connectivity index (χ0) is 11.5. The highest BCUT2D eigenvalue weighted by Gasteiger charge is 2.26. The minimum absolute atomic E-state index is 0.349. The van der Waals surface area contributed by atoms with Crippen molar-refractivity contribution in [1.82, 2.24) is 4.90 Å². The average molecular weight is 214 g/mol. The smallest absolute Gasteiger partial charge is 0.0756 e. The zero-order valence-electron chi connectivity index (χ0n) is 10.4. The third-order valence-corrected chi connectivity index (χ3v) is 3.62. The van der Waals surface area contributed by atoms with Crippen LogP contribution in [-0.2, 0) is 0 Å². The Kier molecular flexibility index (Phi) is 4.56. The Morgan fingerprint density at radius 1 is 1.47 bits per heavy atom. The van der Waals surface area contributed by atoms with E-state index in [1.807, 2.05) is 6.92 Å². The van der Waals surface area contributed by atoms with E-state index in [0.717, 1.165) is 12.3 Å². The van der Waals surface area contributed by atoms with E-state index < -0.39 is 5.60 Å². The largest absolute Gasteiger partial charge is 0.389 e. The van der Waals surface area contributed by atoms with Gasteiger partial charge in [0.2, 0.25) is 0 Å². The van der Waals surface area contributed by atoms with E-state index in [2.05, 4.69) is 18.7 Å². The van der Waals surface area contributed by atoms with Crippen molar-refractivity contribution in [1.29, 1.82) is 0 Å². The lowest BCUT2D eigenvalue weighted by Crippen LogP contribution is -2.45. The van der Waals surface area contributed by atoms with Crippen molar-refractivity contribution in [3.05, 3.63) is 0 Å². The minimum atomic E-state index is -0.706. The average Bonchev–Trinajstić information content (AvgIpc) is 2.18. The van der Waals surface area contributed by atoms with Crippen LogP contribution in [0.1, 0.15) is 40.0 Å². The van der Waals surface area contributed by atoms with E-state index in [-0.39, 0.29) is 0 Å². The van der Waals surface area contributed by atoms with Crippen LogP contribution in [0.15, 0.2) is 0 Å². The van der Waals surface area contributed by atoms with Gasteiger partial charge < -0.3 is 15.7 Å². The highest BCUT2D eigenvalue weighted by Crippen LogP contribution is 2.21. The number of nitrogens with two attached hydrogens (primary N) is 1. The Balaban J connectivity index is 2.37. The molecule has 0 amide bonds. The molecule has 0 aromatic rings. The van der Waals surface area contributed by atoms with Gasteiger partial charge >= 0.3 is 0 Å². The summed E-state index contributed by atoms with van der Waals surface area (Å²) in [6, 6.07) is 0.441. The first-order valence-corrected chi connectivity index (χ1v) is 6.11. The van der Waals surface area contributed by atoms with Crippen LogP contribution in [-0.4, -0.2) is 41.3 Å². The maximum Gasteiger partial charge on any atom is 0.0756 e. The Labute approximate surface area is 93.6 Å². The number of hydrogen-bond donors (Lipinski definition) is 2. The second-order valence-electron chi connectivity index (χ2n) is 5.47. The standard InChI is InChI=1S/C12H26N2O/c1-10-4-6-14(7-5-10)11(2)8-12(3,15)9-13/h10-11,15H,4-9,13H2,1-3H3. The fourth-order valence-corrected chi connectivity index (χ4v) is 2.32. The van der Waals surface area contributed by atoms with E-state index in [0.29, 0.717) is 12.6 Å². The monoisotopic (exact) mass is 214 g/mol. The van der Waals surface area contributed by atoms with Gasteiger partial charge in [0, 0.05) is 12.6 Å². The van der Waals surface area contributed by atoms with Crippen molar-refractivity contribution in [2.24, 2.45) is 11.7 Å². The van der Waals surface area contributed by atoms with Gasteiger partial charge in [-0.15, -0.1) is 0 Å². The summed E-state index contributed by atoms with van der Waals surface area (Å²) >= 11 is 0. The predicted molar refractivity (Wildman–Crippen MR) is 63.7 cm³/mol. The molecule has 3 heteroatoms. The van der Waals surface area contributed by atoms with E-state index in [1.165, 1.54) is 25.9 Å². The molecule has 1 saturated heterocycles. The molecule has 0 aliphatic carbocycles. The summed E-state index contributed by atoms with van der Waals surface area (Å²) < 4.78 is 0. The lowest BCUT2D eigenvalue weighted by molar-refractivity contribution is 0.0217. The molecule has 0 radical (unpaired) electrons. The van der Waals surface area contributed by atoms with Gasteiger partial charge in [-0.05, 0) is 52.1 Å². The molecule has 1 aliphatic heterocycles. The Hall–Kier alpha value is -0.120. The van der Waals surface area contributed by atoms with Crippen LogP contribution in [0.2, 0.25) is 0 Å². The van der Waals surface area contributed by atoms with Crippen molar-refractivity contribution >= 4 is 0 Å². The summed E-state index contributed by atoms with van der Waals surface area (Å²) in [6.07, 6.45) is 3.35. The molecule has 3 nitrogen and oxygen atoms in total. The third-order valence-electron chi connectivity index (χ3n) is 3.62. The van der Waals surface area contributed by atoms with Crippen LogP contribution in [0, 0.1) is 5.92 Å². The van der Waals surface area contributed by atoms with Gasteiger partial charge in [0.15, 0.2) is 0 Å². The van der Waals surface area contributed by atoms with Crippen molar-refractivity contribution in [2.75, 3.05) is 19.6 Å². The van der Waals surface area contributed by atoms with Gasteiger partial charge in [0.1, 0.15) is 0 Å². The Morgan fingerprint density at radius 2 is 2.00 bits per heavy atom. The Bertz CT molecular complexity index is 186. The highest BCUT2D eigenvalue weighted by atomic mass is 16.3. The molecule has 0 saturated carbocycles. The topological polar surface area (TPSA) is 49.5 Å². The summed E-state index contributed by atoms with van der Waals surface area (Å²) in [4.78, 5) is 2.48. The number of likely N-dealkylation sites (tertiary alicyclic amines) is 1. The summed E-state index contributed by atoms with van der Waals surface area (Å²) in [5.41, 5.74) is 4.83. The number of piperidine rings is 1. The fraction of sp³-hybridized carbons (Fsp3) is 1.00. The SMILES string of the molecule is CC1CCN(C(C)CC(C)(O)CN)CC1. The summed E-state index contributed by atoms with van der Waals surface area (Å²) in [5, 5.41) is 9.92. The van der Waals surface area contributed by atoms with E-state index in [4.69, 9.17) is 5.73 Å². The molecule has 1 heterocycles. The number of nitrogens with zero attached hydrogens (tertiary/aromatic N) is 1. The van der Waals surface area contributed by atoms with Gasteiger partial charge in [-0.1, -0.05) is 6.92 Å². The van der Waals surface area contributed by atoms with Crippen molar-refractivity contribution in [2.45, 2.75) is 51.7 Å². The zero-order valence-corrected chi connectivity index (χ0v) is 10.4. The van der Waals surface area contributed by atoms with Crippen molar-refractivity contribution < 1.29 is 5.11 Å². The van der Waals surface area contributed by atoms with Gasteiger partial charge in [0.05, 0.1) is 5.60 Å². The summed E-state index contributed by atoms with van der Waals surface area (Å²) in [7, 11) is 0. The normalized spacial score (nSPS) is 26.2. The van der Waals surface area contributed by atoms with E-state index >= 15 is 0 Å². The highest BCUT2D eigenvalue weighted by molar-refractivity contribution is 4.82. The molecular weight excluding hydrogens is 188 g/mol. The molecule has 0 bridgehead atoms. The maximum absolute atomic E-state index is 9.92. The fourth-order valence-electron chi connectivity index (χ4n) is 2.32. The lowest BCUT2D eigenvalue weighted by Gasteiger charge is -2.37. The first-order valence-electron chi connectivity index (χ1n) is 6.11. The predicted octanol–water partition coefficient (Wildman–Crippen LogP) is 1.21. The second kappa shape index (κ2) is 5.28. The van der Waals surface area contributed by atoms with Crippen molar-refractivity contribution in [3.63, 3.8) is 0 Å². The number of aliphatic hydroxyl groups is 1. The number of rotatable bonds is 4.